The van der Waals surface area contributed by atoms with Gasteiger partial charge in [-0.2, -0.15) is 0 Å². The van der Waals surface area contributed by atoms with E-state index in [1.807, 2.05) is 12.1 Å². The first-order valence-electron chi connectivity index (χ1n) is 4.93. The van der Waals surface area contributed by atoms with Crippen LogP contribution in [0.4, 0.5) is 5.82 Å². The Bertz CT molecular complexity index is 489. The van der Waals surface area contributed by atoms with Gasteiger partial charge in [-0.15, -0.1) is 0 Å². The molecule has 6 heteroatoms. The first-order valence-corrected chi connectivity index (χ1v) is 5.72. The lowest BCUT2D eigenvalue weighted by molar-refractivity contribution is 0.304. The van der Waals surface area contributed by atoms with Crippen molar-refractivity contribution < 1.29 is 4.74 Å². The van der Waals surface area contributed by atoms with E-state index in [9.17, 15) is 0 Å². The van der Waals surface area contributed by atoms with Gasteiger partial charge in [0.15, 0.2) is 0 Å². The molecule has 2 rings (SSSR count). The molecule has 0 fully saturated rings. The molecule has 17 heavy (non-hydrogen) atoms. The Hall–Kier alpha value is -1.66. The summed E-state index contributed by atoms with van der Waals surface area (Å²) in [6.07, 6.45) is 5.07. The summed E-state index contributed by atoms with van der Waals surface area (Å²) in [6.45, 7) is 0.440. The molecule has 0 saturated carbocycles. The average molecular weight is 295 g/mol. The molecule has 0 saturated heterocycles. The molecule has 0 aliphatic heterocycles. The Morgan fingerprint density at radius 2 is 2.18 bits per heavy atom. The van der Waals surface area contributed by atoms with Gasteiger partial charge >= 0.3 is 0 Å². The molecule has 0 radical (unpaired) electrons. The van der Waals surface area contributed by atoms with Gasteiger partial charge in [-0.05, 0) is 28.1 Å². The highest BCUT2D eigenvalue weighted by Crippen LogP contribution is 2.17. The van der Waals surface area contributed by atoms with Crippen LogP contribution in [0.15, 0.2) is 41.3 Å². The number of hydrogen-bond donors (Lipinski definition) is 2. The van der Waals surface area contributed by atoms with Crippen molar-refractivity contribution in [2.24, 2.45) is 5.84 Å². The summed E-state index contributed by atoms with van der Waals surface area (Å²) >= 11 is 3.33. The third-order valence-electron chi connectivity index (χ3n) is 2.06. The van der Waals surface area contributed by atoms with E-state index in [2.05, 4.69) is 31.3 Å². The fourth-order valence-electron chi connectivity index (χ4n) is 1.23. The van der Waals surface area contributed by atoms with E-state index >= 15 is 0 Å². The van der Waals surface area contributed by atoms with Crippen molar-refractivity contribution in [1.29, 1.82) is 0 Å². The molecule has 2 aromatic heterocycles. The van der Waals surface area contributed by atoms with Crippen LogP contribution in [0.2, 0.25) is 0 Å². The molecule has 0 bridgehead atoms. The summed E-state index contributed by atoms with van der Waals surface area (Å²) in [5.41, 5.74) is 3.43. The van der Waals surface area contributed by atoms with Gasteiger partial charge in [0.1, 0.15) is 18.2 Å². The number of pyridine rings is 2. The summed E-state index contributed by atoms with van der Waals surface area (Å²) in [6, 6.07) is 5.54. The van der Waals surface area contributed by atoms with Gasteiger partial charge in [-0.3, -0.25) is 4.98 Å². The number of ether oxygens (including phenoxy) is 1. The van der Waals surface area contributed by atoms with E-state index in [1.165, 1.54) is 0 Å². The minimum atomic E-state index is 0.440. The normalized spacial score (nSPS) is 10.0. The topological polar surface area (TPSA) is 73.1 Å². The Balaban J connectivity index is 1.97. The number of halogens is 1. The maximum atomic E-state index is 5.56. The molecule has 0 aliphatic rings. The molecule has 0 amide bonds. The first-order chi connectivity index (χ1) is 8.28. The number of nitrogens with one attached hydrogen (secondary N) is 1. The molecule has 5 nitrogen and oxygen atoms in total. The number of nitrogens with two attached hydrogens (primary N) is 1. The molecule has 0 unspecified atom stereocenters. The van der Waals surface area contributed by atoms with Crippen molar-refractivity contribution in [1.82, 2.24) is 9.97 Å². The van der Waals surface area contributed by atoms with Crippen molar-refractivity contribution in [3.63, 3.8) is 0 Å². The van der Waals surface area contributed by atoms with Crippen LogP contribution in [0.25, 0.3) is 0 Å². The largest absolute Gasteiger partial charge is 0.487 e. The van der Waals surface area contributed by atoms with Crippen LogP contribution in [0.5, 0.6) is 5.75 Å². The number of nitrogen functional groups attached to an aromatic ring is 1. The van der Waals surface area contributed by atoms with Crippen LogP contribution in [-0.4, -0.2) is 9.97 Å². The maximum absolute atomic E-state index is 5.56. The zero-order valence-corrected chi connectivity index (χ0v) is 10.5. The van der Waals surface area contributed by atoms with E-state index in [-0.39, 0.29) is 0 Å². The van der Waals surface area contributed by atoms with E-state index in [4.69, 9.17) is 10.6 Å². The smallest absolute Gasteiger partial charge is 0.139 e. The predicted molar refractivity (Wildman–Crippen MR) is 68.3 cm³/mol. The van der Waals surface area contributed by atoms with Crippen molar-refractivity contribution in [2.75, 3.05) is 5.43 Å². The molecule has 0 aliphatic carbocycles. The monoisotopic (exact) mass is 294 g/mol. The van der Waals surface area contributed by atoms with Gasteiger partial charge in [0.25, 0.3) is 0 Å². The highest BCUT2D eigenvalue weighted by molar-refractivity contribution is 9.10. The lowest BCUT2D eigenvalue weighted by atomic mass is 10.3. The second-order valence-electron chi connectivity index (χ2n) is 3.32. The van der Waals surface area contributed by atoms with Crippen LogP contribution in [0, 0.1) is 0 Å². The Labute approximate surface area is 107 Å². The van der Waals surface area contributed by atoms with Crippen LogP contribution >= 0.6 is 15.9 Å². The third kappa shape index (κ3) is 3.40. The van der Waals surface area contributed by atoms with Crippen LogP contribution in [-0.2, 0) is 6.61 Å². The molecule has 2 aromatic rings. The standard InChI is InChI=1S/C11H11BrN4O/c12-9-3-10(6-14-5-9)17-7-8-1-2-11(16-13)15-4-8/h1-6H,7,13H2,(H,15,16). The Morgan fingerprint density at radius 3 is 2.82 bits per heavy atom. The highest BCUT2D eigenvalue weighted by Gasteiger charge is 1.98. The second-order valence-corrected chi connectivity index (χ2v) is 4.24. The van der Waals surface area contributed by atoms with Gasteiger partial charge in [0.05, 0.1) is 6.20 Å². The Morgan fingerprint density at radius 1 is 1.29 bits per heavy atom. The number of hydrogen-bond acceptors (Lipinski definition) is 5. The fraction of sp³-hybridized carbons (Fsp3) is 0.0909. The number of hydrazine groups is 1. The van der Waals surface area contributed by atoms with Gasteiger partial charge in [-0.1, -0.05) is 6.07 Å². The summed E-state index contributed by atoms with van der Waals surface area (Å²) in [5, 5.41) is 0. The number of anilines is 1. The average Bonchev–Trinajstić information content (AvgIpc) is 2.37. The molecule has 2 heterocycles. The minimum Gasteiger partial charge on any atom is -0.487 e. The first kappa shape index (κ1) is 11.8. The fourth-order valence-corrected chi connectivity index (χ4v) is 1.58. The van der Waals surface area contributed by atoms with Gasteiger partial charge in [0, 0.05) is 22.4 Å². The molecule has 0 spiro atoms. The van der Waals surface area contributed by atoms with Crippen LogP contribution in [0.3, 0.4) is 0 Å². The highest BCUT2D eigenvalue weighted by atomic mass is 79.9. The molecule has 0 atom stereocenters. The summed E-state index contributed by atoms with van der Waals surface area (Å²) in [4.78, 5) is 8.10. The molecular weight excluding hydrogens is 284 g/mol. The van der Waals surface area contributed by atoms with E-state index in [1.54, 1.807) is 24.7 Å². The van der Waals surface area contributed by atoms with Gasteiger partial charge in [-0.25, -0.2) is 10.8 Å². The lowest BCUT2D eigenvalue weighted by Crippen LogP contribution is -2.08. The maximum Gasteiger partial charge on any atom is 0.139 e. The van der Waals surface area contributed by atoms with Crippen molar-refractivity contribution in [2.45, 2.75) is 6.61 Å². The van der Waals surface area contributed by atoms with Gasteiger partial charge < -0.3 is 10.2 Å². The lowest BCUT2D eigenvalue weighted by Gasteiger charge is -2.06. The SMILES string of the molecule is NNc1ccc(COc2cncc(Br)c2)cn1. The number of aromatic nitrogens is 2. The number of nitrogens with zero attached hydrogens (tertiary/aromatic N) is 2. The van der Waals surface area contributed by atoms with Gasteiger partial charge in [0.2, 0.25) is 0 Å². The molecular formula is C11H11BrN4O. The number of rotatable bonds is 4. The summed E-state index contributed by atoms with van der Waals surface area (Å²) in [5.74, 6) is 6.56. The van der Waals surface area contributed by atoms with Crippen molar-refractivity contribution in [3.8, 4) is 5.75 Å². The predicted octanol–water partition coefficient (Wildman–Crippen LogP) is 2.10. The second kappa shape index (κ2) is 5.60. The van der Waals surface area contributed by atoms with Crippen LogP contribution in [0.1, 0.15) is 5.56 Å². The van der Waals surface area contributed by atoms with Crippen molar-refractivity contribution >= 4 is 21.7 Å². The van der Waals surface area contributed by atoms with Crippen molar-refractivity contribution in [3.05, 3.63) is 46.8 Å². The van der Waals surface area contributed by atoms with E-state index < -0.39 is 0 Å². The minimum absolute atomic E-state index is 0.440. The third-order valence-corrected chi connectivity index (χ3v) is 2.49. The quantitative estimate of drug-likeness (QED) is 0.667. The zero-order valence-electron chi connectivity index (χ0n) is 8.93. The van der Waals surface area contributed by atoms with Crippen LogP contribution < -0.4 is 16.0 Å². The summed E-state index contributed by atoms with van der Waals surface area (Å²) in [7, 11) is 0. The zero-order chi connectivity index (χ0) is 12.1. The molecule has 3 N–H and O–H groups in total. The molecule has 0 aromatic carbocycles. The van der Waals surface area contributed by atoms with E-state index in [0.717, 1.165) is 10.0 Å². The van der Waals surface area contributed by atoms with E-state index in [0.29, 0.717) is 18.2 Å². The summed E-state index contributed by atoms with van der Waals surface area (Å²) < 4.78 is 6.45. The molecule has 88 valence electrons. The Kier molecular flexibility index (Phi) is 3.89.